The second-order valence-electron chi connectivity index (χ2n) is 7.83. The van der Waals surface area contributed by atoms with Gasteiger partial charge in [-0.05, 0) is 48.4 Å². The minimum absolute atomic E-state index is 0.206. The number of rotatable bonds is 7. The molecule has 1 aromatic rings. The van der Waals surface area contributed by atoms with Gasteiger partial charge in [0.25, 0.3) is 0 Å². The van der Waals surface area contributed by atoms with Gasteiger partial charge in [-0.2, -0.15) is 5.26 Å². The maximum Gasteiger partial charge on any atom is 0.142 e. The molecule has 5 heteroatoms. The Kier molecular flexibility index (Phi) is 6.17. The van der Waals surface area contributed by atoms with Crippen LogP contribution in [-0.2, 0) is 0 Å². The second-order valence-corrected chi connectivity index (χ2v) is 8.10. The van der Waals surface area contributed by atoms with Gasteiger partial charge in [-0.25, -0.2) is 0 Å². The Morgan fingerprint density at radius 2 is 2.25 bits per heavy atom. The molecule has 1 N–H and O–H groups in total. The van der Waals surface area contributed by atoms with Crippen molar-refractivity contribution in [2.75, 3.05) is 30.5 Å². The summed E-state index contributed by atoms with van der Waals surface area (Å²) in [5.74, 6) is 1.64. The van der Waals surface area contributed by atoms with E-state index in [2.05, 4.69) is 30.7 Å². The lowest BCUT2D eigenvalue weighted by atomic mass is 9.70. The summed E-state index contributed by atoms with van der Waals surface area (Å²) in [6.45, 7) is 13.6. The predicted octanol–water partition coefficient (Wildman–Crippen LogP) is 4.30. The molecule has 1 aliphatic heterocycles. The van der Waals surface area contributed by atoms with Crippen molar-refractivity contribution < 1.29 is 9.84 Å². The van der Waals surface area contributed by atoms with Crippen LogP contribution in [0.2, 0.25) is 0 Å². The molecule has 4 nitrogen and oxygen atoms in total. The van der Waals surface area contributed by atoms with Crippen molar-refractivity contribution in [1.82, 2.24) is 0 Å². The normalized spacial score (nSPS) is 27.2. The van der Waals surface area contributed by atoms with Crippen molar-refractivity contribution in [3.8, 4) is 11.8 Å². The third kappa shape index (κ3) is 3.70. The maximum absolute atomic E-state index is 10.2. The van der Waals surface area contributed by atoms with E-state index in [1.807, 2.05) is 12.1 Å². The number of hydrogen-bond acceptors (Lipinski definition) is 4. The fourth-order valence-corrected chi connectivity index (χ4v) is 4.47. The first kappa shape index (κ1) is 20.5. The molecule has 1 saturated carbocycles. The van der Waals surface area contributed by atoms with Crippen LogP contribution in [0.5, 0.6) is 5.75 Å². The van der Waals surface area contributed by atoms with Crippen molar-refractivity contribution in [2.45, 2.75) is 18.9 Å². The Morgan fingerprint density at radius 3 is 2.82 bits per heavy atom. The fourth-order valence-electron chi connectivity index (χ4n) is 4.14. The second kappa shape index (κ2) is 8.43. The Balaban J connectivity index is 1.97. The van der Waals surface area contributed by atoms with Crippen LogP contribution in [0.3, 0.4) is 0 Å². The first-order chi connectivity index (χ1) is 13.5. The Hall–Kier alpha value is -2.22. The summed E-state index contributed by atoms with van der Waals surface area (Å²) >= 11 is 6.42. The molecule has 0 saturated heterocycles. The molecule has 28 heavy (non-hydrogen) atoms. The average molecular weight is 399 g/mol. The number of benzene rings is 1. The van der Waals surface area contributed by atoms with Crippen molar-refractivity contribution in [1.29, 1.82) is 5.26 Å². The molecule has 4 atom stereocenters. The Labute approximate surface area is 172 Å². The van der Waals surface area contributed by atoms with E-state index < -0.39 is 11.5 Å². The molecular weight excluding hydrogens is 372 g/mol. The van der Waals surface area contributed by atoms with E-state index in [9.17, 15) is 10.4 Å². The molecule has 1 aliphatic carbocycles. The van der Waals surface area contributed by atoms with Gasteiger partial charge in [0.05, 0.1) is 28.8 Å². The van der Waals surface area contributed by atoms with Crippen LogP contribution >= 0.6 is 11.6 Å². The molecule has 0 bridgehead atoms. The number of anilines is 1. The van der Waals surface area contributed by atoms with Crippen molar-refractivity contribution >= 4 is 17.3 Å². The number of aliphatic hydroxyl groups is 1. The van der Waals surface area contributed by atoms with Crippen LogP contribution in [0.1, 0.15) is 18.4 Å². The van der Waals surface area contributed by atoms with Crippen LogP contribution in [0.25, 0.3) is 0 Å². The maximum atomic E-state index is 10.2. The smallest absolute Gasteiger partial charge is 0.142 e. The average Bonchev–Trinajstić information content (AvgIpc) is 2.87. The van der Waals surface area contributed by atoms with Crippen molar-refractivity contribution in [3.05, 3.63) is 61.2 Å². The minimum Gasteiger partial charge on any atom is -0.490 e. The zero-order chi connectivity index (χ0) is 20.3. The van der Waals surface area contributed by atoms with E-state index in [4.69, 9.17) is 16.3 Å². The molecule has 0 radical (unpaired) electrons. The summed E-state index contributed by atoms with van der Waals surface area (Å²) in [5.41, 5.74) is 1.86. The third-order valence-corrected chi connectivity index (χ3v) is 6.73. The predicted molar refractivity (Wildman–Crippen MR) is 114 cm³/mol. The largest absolute Gasteiger partial charge is 0.490 e. The molecule has 148 valence electrons. The van der Waals surface area contributed by atoms with E-state index in [0.29, 0.717) is 30.5 Å². The van der Waals surface area contributed by atoms with E-state index in [1.165, 1.54) is 0 Å². The zero-order valence-corrected chi connectivity index (χ0v) is 16.9. The van der Waals surface area contributed by atoms with Crippen LogP contribution < -0.4 is 9.64 Å². The highest BCUT2D eigenvalue weighted by Crippen LogP contribution is 2.44. The highest BCUT2D eigenvalue weighted by Gasteiger charge is 2.41. The van der Waals surface area contributed by atoms with Gasteiger partial charge < -0.3 is 14.7 Å². The van der Waals surface area contributed by atoms with Crippen LogP contribution in [0.15, 0.2) is 55.7 Å². The molecule has 0 amide bonds. The molecule has 3 rings (SSSR count). The zero-order valence-electron chi connectivity index (χ0n) is 16.1. The third-order valence-electron chi connectivity index (χ3n) is 6.22. The van der Waals surface area contributed by atoms with Gasteiger partial charge in [0.15, 0.2) is 0 Å². The summed E-state index contributed by atoms with van der Waals surface area (Å²) in [4.78, 5) is 2.24. The van der Waals surface area contributed by atoms with E-state index in [1.54, 1.807) is 18.2 Å². The summed E-state index contributed by atoms with van der Waals surface area (Å²) in [6, 6.07) is 7.69. The lowest BCUT2D eigenvalue weighted by Gasteiger charge is -2.44. The summed E-state index contributed by atoms with van der Waals surface area (Å²) in [5, 5.41) is 19.6. The van der Waals surface area contributed by atoms with Gasteiger partial charge in [0, 0.05) is 19.0 Å². The highest BCUT2D eigenvalue weighted by atomic mass is 35.5. The number of aliphatic hydroxyl groups excluding tert-OH is 1. The first-order valence-electron chi connectivity index (χ1n) is 9.58. The van der Waals surface area contributed by atoms with E-state index in [0.717, 1.165) is 36.4 Å². The number of fused-ring (bicyclic) bond motifs is 1. The van der Waals surface area contributed by atoms with Gasteiger partial charge in [-0.3, -0.25) is 0 Å². The van der Waals surface area contributed by atoms with Gasteiger partial charge in [-0.15, -0.1) is 18.2 Å². The number of hydrogen-bond donors (Lipinski definition) is 1. The first-order valence-corrected chi connectivity index (χ1v) is 10.1. The van der Waals surface area contributed by atoms with Gasteiger partial charge >= 0.3 is 0 Å². The molecule has 1 heterocycles. The number of ether oxygens (including phenoxy) is 1. The number of nitriles is 1. The van der Waals surface area contributed by atoms with Crippen LogP contribution in [0, 0.1) is 28.6 Å². The molecule has 0 spiro atoms. The monoisotopic (exact) mass is 398 g/mol. The SMILES string of the molecule is C=CC(=C)[C@]1(CCl)COc2ccc(C#N)cc2N(C[C@@H]2CC[C@H]2[C@@H](O)C=C)C1. The molecule has 0 unspecified atom stereocenters. The number of halogens is 1. The van der Waals surface area contributed by atoms with E-state index >= 15 is 0 Å². The van der Waals surface area contributed by atoms with Crippen LogP contribution in [0.4, 0.5) is 5.69 Å². The summed E-state index contributed by atoms with van der Waals surface area (Å²) in [7, 11) is 0. The Bertz CT molecular complexity index is 815. The van der Waals surface area contributed by atoms with E-state index in [-0.39, 0.29) is 5.92 Å². The number of alkyl halides is 1. The van der Waals surface area contributed by atoms with Crippen molar-refractivity contribution in [3.63, 3.8) is 0 Å². The standard InChI is InChI=1S/C23H27ClN2O2/c1-4-16(3)23(13-24)14-26(12-18-7-8-19(18)21(27)5-2)20-10-17(11-25)6-9-22(20)28-15-23/h4-6,9-10,18-19,21,27H,1-3,7-8,12-15H2/t18-,19+,21-,23-/m0/s1. The lowest BCUT2D eigenvalue weighted by molar-refractivity contribution is 0.0460. The number of allylic oxidation sites excluding steroid dienone is 1. The minimum atomic E-state index is -0.493. The summed E-state index contributed by atoms with van der Waals surface area (Å²) in [6.07, 6.45) is 4.91. The molecule has 2 aliphatic rings. The summed E-state index contributed by atoms with van der Waals surface area (Å²) < 4.78 is 6.13. The lowest BCUT2D eigenvalue weighted by Crippen LogP contribution is -2.47. The Morgan fingerprint density at radius 1 is 1.46 bits per heavy atom. The van der Waals surface area contributed by atoms with Gasteiger partial charge in [0.1, 0.15) is 12.4 Å². The molecule has 1 aromatic carbocycles. The number of nitrogens with zero attached hydrogens (tertiary/aromatic N) is 2. The quantitative estimate of drug-likeness (QED) is 0.422. The topological polar surface area (TPSA) is 56.5 Å². The van der Waals surface area contributed by atoms with Crippen molar-refractivity contribution in [2.24, 2.45) is 17.3 Å². The van der Waals surface area contributed by atoms with Gasteiger partial charge in [0.2, 0.25) is 0 Å². The molecular formula is C23H27ClN2O2. The fraction of sp³-hybridized carbons (Fsp3) is 0.435. The highest BCUT2D eigenvalue weighted by molar-refractivity contribution is 6.18. The molecule has 1 fully saturated rings. The molecule has 0 aromatic heterocycles. The van der Waals surface area contributed by atoms with Gasteiger partial charge in [-0.1, -0.05) is 25.3 Å². The van der Waals surface area contributed by atoms with Crippen LogP contribution in [-0.4, -0.2) is 36.8 Å².